The summed E-state index contributed by atoms with van der Waals surface area (Å²) in [5.74, 6) is 0.638. The quantitative estimate of drug-likeness (QED) is 0.873. The van der Waals surface area contributed by atoms with Crippen molar-refractivity contribution in [1.82, 2.24) is 15.3 Å². The lowest BCUT2D eigenvalue weighted by Gasteiger charge is -2.27. The highest BCUT2D eigenvalue weighted by Crippen LogP contribution is 2.12. The fraction of sp³-hybridized carbons (Fsp3) is 0.615. The number of carbonyl (C=O) groups excluding carboxylic acids is 1. The summed E-state index contributed by atoms with van der Waals surface area (Å²) in [5, 5.41) is 2.90. The van der Waals surface area contributed by atoms with Crippen molar-refractivity contribution in [3.05, 3.63) is 18.1 Å². The second-order valence-corrected chi connectivity index (χ2v) is 4.64. The van der Waals surface area contributed by atoms with Gasteiger partial charge in [-0.05, 0) is 13.3 Å². The van der Waals surface area contributed by atoms with Crippen molar-refractivity contribution in [2.24, 2.45) is 0 Å². The van der Waals surface area contributed by atoms with E-state index in [1.54, 1.807) is 6.07 Å². The van der Waals surface area contributed by atoms with Gasteiger partial charge in [-0.3, -0.25) is 4.79 Å². The lowest BCUT2D eigenvalue weighted by atomic mass is 10.2. The zero-order chi connectivity index (χ0) is 13.7. The molecule has 0 aromatic carbocycles. The number of amides is 1. The molecule has 6 nitrogen and oxygen atoms in total. The Balaban J connectivity index is 2.07. The maximum Gasteiger partial charge on any atom is 0.270 e. The molecule has 0 radical (unpaired) electrons. The van der Waals surface area contributed by atoms with Crippen LogP contribution in [0.15, 0.2) is 12.4 Å². The summed E-state index contributed by atoms with van der Waals surface area (Å²) >= 11 is 0. The minimum atomic E-state index is -0.147. The molecule has 19 heavy (non-hydrogen) atoms. The van der Waals surface area contributed by atoms with E-state index in [1.165, 1.54) is 6.33 Å². The molecule has 1 aromatic rings. The summed E-state index contributed by atoms with van der Waals surface area (Å²) in [6, 6.07) is 1.89. The van der Waals surface area contributed by atoms with Gasteiger partial charge < -0.3 is 15.0 Å². The number of hydrogen-bond acceptors (Lipinski definition) is 5. The van der Waals surface area contributed by atoms with Gasteiger partial charge in [-0.15, -0.1) is 0 Å². The second kappa shape index (κ2) is 6.47. The van der Waals surface area contributed by atoms with E-state index in [0.717, 1.165) is 25.3 Å². The highest BCUT2D eigenvalue weighted by atomic mass is 16.5. The van der Waals surface area contributed by atoms with Gasteiger partial charge in [0.2, 0.25) is 0 Å². The molecule has 1 saturated heterocycles. The maximum atomic E-state index is 12.0. The molecule has 0 bridgehead atoms. The molecule has 1 aliphatic rings. The molecule has 1 aliphatic heterocycles. The third-order valence-corrected chi connectivity index (χ3v) is 3.21. The Morgan fingerprint density at radius 3 is 2.89 bits per heavy atom. The van der Waals surface area contributed by atoms with E-state index in [9.17, 15) is 4.79 Å². The highest BCUT2D eigenvalue weighted by molar-refractivity contribution is 5.93. The summed E-state index contributed by atoms with van der Waals surface area (Å²) in [5.41, 5.74) is 0.414. The van der Waals surface area contributed by atoms with Gasteiger partial charge in [0.25, 0.3) is 5.91 Å². The molecule has 1 atom stereocenters. The number of nitrogens with zero attached hydrogens (tertiary/aromatic N) is 3. The smallest absolute Gasteiger partial charge is 0.270 e. The van der Waals surface area contributed by atoms with Gasteiger partial charge in [-0.25, -0.2) is 9.97 Å². The van der Waals surface area contributed by atoms with Crippen molar-refractivity contribution in [3.63, 3.8) is 0 Å². The van der Waals surface area contributed by atoms with E-state index in [0.29, 0.717) is 18.9 Å². The fourth-order valence-electron chi connectivity index (χ4n) is 1.84. The lowest BCUT2D eigenvalue weighted by molar-refractivity contribution is 0.0934. The van der Waals surface area contributed by atoms with Gasteiger partial charge in [-0.1, -0.05) is 6.92 Å². The number of ether oxygens (including phenoxy) is 1. The van der Waals surface area contributed by atoms with Gasteiger partial charge >= 0.3 is 0 Å². The predicted octanol–water partition coefficient (Wildman–Crippen LogP) is 0.841. The van der Waals surface area contributed by atoms with Crippen LogP contribution in [-0.4, -0.2) is 48.2 Å². The van der Waals surface area contributed by atoms with E-state index < -0.39 is 0 Å². The number of aromatic nitrogens is 2. The fourth-order valence-corrected chi connectivity index (χ4v) is 1.84. The summed E-state index contributed by atoms with van der Waals surface area (Å²) in [4.78, 5) is 22.4. The van der Waals surface area contributed by atoms with Gasteiger partial charge in [-0.2, -0.15) is 0 Å². The van der Waals surface area contributed by atoms with Crippen LogP contribution in [0.4, 0.5) is 5.82 Å². The Bertz CT molecular complexity index is 432. The Labute approximate surface area is 113 Å². The average Bonchev–Trinajstić information content (AvgIpc) is 2.48. The first-order valence-corrected chi connectivity index (χ1v) is 6.66. The third kappa shape index (κ3) is 3.64. The van der Waals surface area contributed by atoms with Crippen LogP contribution in [0.2, 0.25) is 0 Å². The Kier molecular flexibility index (Phi) is 4.68. The minimum Gasteiger partial charge on any atom is -0.378 e. The van der Waals surface area contributed by atoms with E-state index in [1.807, 2.05) is 13.8 Å². The van der Waals surface area contributed by atoms with Crippen molar-refractivity contribution in [2.45, 2.75) is 26.3 Å². The molecule has 6 heteroatoms. The van der Waals surface area contributed by atoms with Gasteiger partial charge in [0.15, 0.2) is 0 Å². The first kappa shape index (κ1) is 13.7. The van der Waals surface area contributed by atoms with Crippen LogP contribution < -0.4 is 10.2 Å². The first-order valence-electron chi connectivity index (χ1n) is 6.66. The molecule has 1 fully saturated rings. The summed E-state index contributed by atoms with van der Waals surface area (Å²) < 4.78 is 5.30. The van der Waals surface area contributed by atoms with Crippen LogP contribution in [0.25, 0.3) is 0 Å². The van der Waals surface area contributed by atoms with Crippen LogP contribution in [0.5, 0.6) is 0 Å². The average molecular weight is 264 g/mol. The second-order valence-electron chi connectivity index (χ2n) is 4.64. The van der Waals surface area contributed by atoms with Crippen molar-refractivity contribution in [3.8, 4) is 0 Å². The topological polar surface area (TPSA) is 67.4 Å². The van der Waals surface area contributed by atoms with Crippen LogP contribution in [-0.2, 0) is 4.74 Å². The number of nitrogens with one attached hydrogen (secondary N) is 1. The monoisotopic (exact) mass is 264 g/mol. The van der Waals surface area contributed by atoms with E-state index in [-0.39, 0.29) is 11.9 Å². The van der Waals surface area contributed by atoms with Gasteiger partial charge in [0.05, 0.1) is 13.2 Å². The standard InChI is InChI=1S/C13H20N4O2/c1-3-10(2)16-13(18)11-8-12(15-9-14-11)17-4-6-19-7-5-17/h8-10H,3-7H2,1-2H3,(H,16,18). The molecule has 0 spiro atoms. The number of morpholine rings is 1. The number of anilines is 1. The molecule has 1 aromatic heterocycles. The van der Waals surface area contributed by atoms with Crippen molar-refractivity contribution in [1.29, 1.82) is 0 Å². The van der Waals surface area contributed by atoms with Crippen LogP contribution in [0, 0.1) is 0 Å². The third-order valence-electron chi connectivity index (χ3n) is 3.21. The van der Waals surface area contributed by atoms with Crippen LogP contribution in [0.3, 0.4) is 0 Å². The molecule has 1 unspecified atom stereocenters. The lowest BCUT2D eigenvalue weighted by Crippen LogP contribution is -2.37. The Morgan fingerprint density at radius 2 is 2.21 bits per heavy atom. The number of carbonyl (C=O) groups is 1. The predicted molar refractivity (Wildman–Crippen MR) is 72.3 cm³/mol. The van der Waals surface area contributed by atoms with Crippen LogP contribution in [0.1, 0.15) is 30.8 Å². The molecule has 0 aliphatic carbocycles. The zero-order valence-electron chi connectivity index (χ0n) is 11.4. The number of rotatable bonds is 4. The van der Waals surface area contributed by atoms with Crippen molar-refractivity contribution < 1.29 is 9.53 Å². The summed E-state index contributed by atoms with van der Waals surface area (Å²) in [6.45, 7) is 6.98. The largest absolute Gasteiger partial charge is 0.378 e. The van der Waals surface area contributed by atoms with Crippen molar-refractivity contribution >= 4 is 11.7 Å². The maximum absolute atomic E-state index is 12.0. The van der Waals surface area contributed by atoms with E-state index >= 15 is 0 Å². The summed E-state index contributed by atoms with van der Waals surface area (Å²) in [7, 11) is 0. The van der Waals surface area contributed by atoms with Gasteiger partial charge in [0.1, 0.15) is 17.8 Å². The normalized spacial score (nSPS) is 17.1. The highest BCUT2D eigenvalue weighted by Gasteiger charge is 2.16. The molecule has 0 saturated carbocycles. The SMILES string of the molecule is CCC(C)NC(=O)c1cc(N2CCOCC2)ncn1. The van der Waals surface area contributed by atoms with E-state index in [4.69, 9.17) is 4.74 Å². The first-order chi connectivity index (χ1) is 9.20. The Hall–Kier alpha value is -1.69. The van der Waals surface area contributed by atoms with Crippen LogP contribution >= 0.6 is 0 Å². The Morgan fingerprint density at radius 1 is 1.47 bits per heavy atom. The molecule has 1 amide bonds. The molecule has 2 heterocycles. The number of hydrogen-bond donors (Lipinski definition) is 1. The molecular formula is C13H20N4O2. The molecule has 104 valence electrons. The zero-order valence-corrected chi connectivity index (χ0v) is 11.4. The minimum absolute atomic E-state index is 0.147. The molecule has 2 rings (SSSR count). The summed E-state index contributed by atoms with van der Waals surface area (Å²) in [6.07, 6.45) is 2.34. The van der Waals surface area contributed by atoms with Crippen molar-refractivity contribution in [2.75, 3.05) is 31.2 Å². The molecular weight excluding hydrogens is 244 g/mol. The van der Waals surface area contributed by atoms with Gasteiger partial charge in [0, 0.05) is 25.2 Å². The van der Waals surface area contributed by atoms with E-state index in [2.05, 4.69) is 20.2 Å². The molecule has 1 N–H and O–H groups in total.